The molecule has 1 aromatic rings. The zero-order valence-electron chi connectivity index (χ0n) is 14.2. The Hall–Kier alpha value is -1.04. The smallest absolute Gasteiger partial charge is 0.465 e. The SMILES string of the molecule is COC(=O)c1cc(Cl)c(B2OC(C)(C)C(C)(C)O2)cc1C1CC1. The summed E-state index contributed by atoms with van der Waals surface area (Å²) in [6, 6.07) is 3.63. The number of esters is 1. The summed E-state index contributed by atoms with van der Waals surface area (Å²) >= 11 is 6.43. The average molecular weight is 337 g/mol. The third-order valence-electron chi connectivity index (χ3n) is 5.10. The van der Waals surface area contributed by atoms with Crippen molar-refractivity contribution in [1.82, 2.24) is 0 Å². The molecule has 1 saturated carbocycles. The monoisotopic (exact) mass is 336 g/mol. The predicted molar refractivity (Wildman–Crippen MR) is 90.5 cm³/mol. The van der Waals surface area contributed by atoms with Crippen LogP contribution in [0.1, 0.15) is 62.4 Å². The minimum absolute atomic E-state index is 0.353. The van der Waals surface area contributed by atoms with E-state index in [-0.39, 0.29) is 5.97 Å². The molecule has 0 unspecified atom stereocenters. The normalized spacial score (nSPS) is 22.3. The summed E-state index contributed by atoms with van der Waals surface area (Å²) in [5, 5.41) is 0.466. The van der Waals surface area contributed by atoms with E-state index < -0.39 is 18.3 Å². The third-order valence-corrected chi connectivity index (χ3v) is 5.43. The molecule has 6 heteroatoms. The van der Waals surface area contributed by atoms with Gasteiger partial charge >= 0.3 is 13.1 Å². The minimum atomic E-state index is -0.531. The summed E-state index contributed by atoms with van der Waals surface area (Å²) in [4.78, 5) is 12.0. The van der Waals surface area contributed by atoms with Gasteiger partial charge in [0.05, 0.1) is 23.9 Å². The van der Waals surface area contributed by atoms with Gasteiger partial charge in [0.15, 0.2) is 0 Å². The summed E-state index contributed by atoms with van der Waals surface area (Å²) in [5.41, 5.74) is 1.44. The van der Waals surface area contributed by atoms with Crippen molar-refractivity contribution >= 4 is 30.2 Å². The first-order valence-electron chi connectivity index (χ1n) is 7.93. The maximum absolute atomic E-state index is 12.0. The number of carbonyl (C=O) groups is 1. The number of benzene rings is 1. The topological polar surface area (TPSA) is 44.8 Å². The molecule has 4 nitrogen and oxygen atoms in total. The van der Waals surface area contributed by atoms with Gasteiger partial charge in [-0.2, -0.15) is 0 Å². The van der Waals surface area contributed by atoms with Gasteiger partial charge in [-0.1, -0.05) is 17.7 Å². The summed E-state index contributed by atoms with van der Waals surface area (Å²) in [6.07, 6.45) is 2.16. The van der Waals surface area contributed by atoms with E-state index >= 15 is 0 Å². The van der Waals surface area contributed by atoms with Crippen LogP contribution < -0.4 is 5.46 Å². The molecule has 1 saturated heterocycles. The molecule has 0 bridgehead atoms. The lowest BCUT2D eigenvalue weighted by Gasteiger charge is -2.32. The molecular weight excluding hydrogens is 314 g/mol. The Bertz CT molecular complexity index is 636. The van der Waals surface area contributed by atoms with Gasteiger partial charge in [-0.05, 0) is 58.1 Å². The quantitative estimate of drug-likeness (QED) is 0.627. The Morgan fingerprint density at radius 1 is 1.22 bits per heavy atom. The molecular formula is C17H22BClO4. The van der Waals surface area contributed by atoms with E-state index in [2.05, 4.69) is 0 Å². The zero-order valence-corrected chi connectivity index (χ0v) is 15.0. The Balaban J connectivity index is 2.01. The van der Waals surface area contributed by atoms with Crippen molar-refractivity contribution in [3.05, 3.63) is 28.3 Å². The summed E-state index contributed by atoms with van der Waals surface area (Å²) < 4.78 is 17.1. The van der Waals surface area contributed by atoms with E-state index in [4.69, 9.17) is 25.6 Å². The fourth-order valence-corrected chi connectivity index (χ4v) is 3.03. The van der Waals surface area contributed by atoms with Gasteiger partial charge < -0.3 is 14.0 Å². The third kappa shape index (κ3) is 2.90. The van der Waals surface area contributed by atoms with Crippen LogP contribution in [0.3, 0.4) is 0 Å². The van der Waals surface area contributed by atoms with Crippen LogP contribution in [0.4, 0.5) is 0 Å². The van der Waals surface area contributed by atoms with E-state index in [1.54, 1.807) is 6.07 Å². The van der Waals surface area contributed by atoms with Gasteiger partial charge in [0.25, 0.3) is 0 Å². The first-order valence-corrected chi connectivity index (χ1v) is 8.31. The highest BCUT2D eigenvalue weighted by atomic mass is 35.5. The van der Waals surface area contributed by atoms with Crippen molar-refractivity contribution in [1.29, 1.82) is 0 Å². The molecule has 2 aliphatic rings. The van der Waals surface area contributed by atoms with E-state index in [1.807, 2.05) is 33.8 Å². The number of carbonyl (C=O) groups excluding carboxylic acids is 1. The van der Waals surface area contributed by atoms with Gasteiger partial charge in [-0.15, -0.1) is 0 Å². The molecule has 2 fully saturated rings. The standard InChI is InChI=1S/C17H22BClO4/c1-16(2)17(3,4)23-18(22-16)13-8-11(10-6-7-10)12(9-14(13)19)15(20)21-5/h8-10H,6-7H2,1-5H3. The molecule has 23 heavy (non-hydrogen) atoms. The van der Waals surface area contributed by atoms with Crippen LogP contribution in [0.15, 0.2) is 12.1 Å². The van der Waals surface area contributed by atoms with E-state index in [9.17, 15) is 4.79 Å². The molecule has 0 radical (unpaired) electrons. The van der Waals surface area contributed by atoms with Gasteiger partial charge in [-0.3, -0.25) is 0 Å². The largest absolute Gasteiger partial charge is 0.496 e. The van der Waals surface area contributed by atoms with Gasteiger partial charge in [0.2, 0.25) is 0 Å². The van der Waals surface area contributed by atoms with Crippen molar-refractivity contribution in [2.24, 2.45) is 0 Å². The lowest BCUT2D eigenvalue weighted by atomic mass is 9.77. The van der Waals surface area contributed by atoms with Crippen molar-refractivity contribution < 1.29 is 18.8 Å². The van der Waals surface area contributed by atoms with Gasteiger partial charge in [-0.25, -0.2) is 4.79 Å². The van der Waals surface area contributed by atoms with Crippen LogP contribution in [0.2, 0.25) is 5.02 Å². The molecule has 3 rings (SSSR count). The van der Waals surface area contributed by atoms with Crippen molar-refractivity contribution in [3.8, 4) is 0 Å². The lowest BCUT2D eigenvalue weighted by Crippen LogP contribution is -2.41. The van der Waals surface area contributed by atoms with Crippen LogP contribution in [0, 0.1) is 0 Å². The summed E-state index contributed by atoms with van der Waals surface area (Å²) in [6.45, 7) is 8.02. The molecule has 0 spiro atoms. The Kier molecular flexibility index (Phi) is 4.02. The molecule has 1 aromatic carbocycles. The highest BCUT2D eigenvalue weighted by Gasteiger charge is 2.52. The maximum atomic E-state index is 12.0. The van der Waals surface area contributed by atoms with E-state index in [1.165, 1.54) is 7.11 Å². The molecule has 124 valence electrons. The number of methoxy groups -OCH3 is 1. The van der Waals surface area contributed by atoms with Crippen LogP contribution in [-0.4, -0.2) is 31.4 Å². The molecule has 0 amide bonds. The Morgan fingerprint density at radius 3 is 2.26 bits per heavy atom. The molecule has 0 N–H and O–H groups in total. The molecule has 1 aliphatic carbocycles. The molecule has 1 aliphatic heterocycles. The average Bonchev–Trinajstić information content (AvgIpc) is 3.26. The highest BCUT2D eigenvalue weighted by molar-refractivity contribution is 6.65. The Labute approximate surface area is 142 Å². The van der Waals surface area contributed by atoms with Crippen LogP contribution >= 0.6 is 11.6 Å². The fourth-order valence-electron chi connectivity index (χ4n) is 2.78. The molecule has 1 heterocycles. The van der Waals surface area contributed by atoms with Gasteiger partial charge in [0, 0.05) is 10.5 Å². The first kappa shape index (κ1) is 16.8. The van der Waals surface area contributed by atoms with Crippen molar-refractivity contribution in [3.63, 3.8) is 0 Å². The second-order valence-electron chi connectivity index (χ2n) is 7.32. The summed E-state index contributed by atoms with van der Waals surface area (Å²) in [7, 11) is 0.853. The highest BCUT2D eigenvalue weighted by Crippen LogP contribution is 2.43. The lowest BCUT2D eigenvalue weighted by molar-refractivity contribution is 0.00578. The van der Waals surface area contributed by atoms with Crippen molar-refractivity contribution in [2.75, 3.05) is 7.11 Å². The second kappa shape index (κ2) is 5.50. The first-order chi connectivity index (χ1) is 10.7. The second-order valence-corrected chi connectivity index (χ2v) is 7.72. The maximum Gasteiger partial charge on any atom is 0.496 e. The summed E-state index contributed by atoms with van der Waals surface area (Å²) in [5.74, 6) is 0.0387. The molecule has 0 aromatic heterocycles. The number of hydrogen-bond donors (Lipinski definition) is 0. The van der Waals surface area contributed by atoms with Crippen LogP contribution in [-0.2, 0) is 14.0 Å². The predicted octanol–water partition coefficient (Wildman–Crippen LogP) is 3.30. The van der Waals surface area contributed by atoms with Gasteiger partial charge in [0.1, 0.15) is 0 Å². The van der Waals surface area contributed by atoms with E-state index in [0.29, 0.717) is 16.5 Å². The number of rotatable bonds is 3. The fraction of sp³-hybridized carbons (Fsp3) is 0.588. The number of halogens is 1. The number of ether oxygens (including phenoxy) is 1. The van der Waals surface area contributed by atoms with Crippen LogP contribution in [0.25, 0.3) is 0 Å². The molecule has 0 atom stereocenters. The number of hydrogen-bond acceptors (Lipinski definition) is 4. The van der Waals surface area contributed by atoms with Crippen molar-refractivity contribution in [2.45, 2.75) is 57.7 Å². The Morgan fingerprint density at radius 2 is 1.78 bits per heavy atom. The van der Waals surface area contributed by atoms with E-state index in [0.717, 1.165) is 23.9 Å². The zero-order chi connectivity index (χ0) is 17.0. The minimum Gasteiger partial charge on any atom is -0.465 e. The van der Waals surface area contributed by atoms with Crippen LogP contribution in [0.5, 0.6) is 0 Å².